The molecule has 0 aliphatic rings. The first-order chi connectivity index (χ1) is 13.0. The molecule has 0 saturated heterocycles. The number of methoxy groups -OCH3 is 1. The van der Waals surface area contributed by atoms with E-state index in [4.69, 9.17) is 13.9 Å². The Hall–Kier alpha value is -3.79. The Morgan fingerprint density at radius 2 is 1.85 bits per heavy atom. The van der Waals surface area contributed by atoms with Crippen LogP contribution in [-0.2, 0) is 4.74 Å². The summed E-state index contributed by atoms with van der Waals surface area (Å²) in [6.07, 6.45) is 3.39. The predicted molar refractivity (Wildman–Crippen MR) is 95.1 cm³/mol. The summed E-state index contributed by atoms with van der Waals surface area (Å²) in [4.78, 5) is 24.7. The number of hydrogen-bond donors (Lipinski definition) is 0. The van der Waals surface area contributed by atoms with E-state index in [1.807, 2.05) is 6.07 Å². The third-order valence-electron chi connectivity index (χ3n) is 3.97. The molecule has 7 nitrogen and oxygen atoms in total. The van der Waals surface area contributed by atoms with Gasteiger partial charge in [0.15, 0.2) is 12.4 Å². The number of benzene rings is 1. The van der Waals surface area contributed by atoms with E-state index >= 15 is 0 Å². The van der Waals surface area contributed by atoms with Crippen molar-refractivity contribution in [2.75, 3.05) is 13.7 Å². The summed E-state index contributed by atoms with van der Waals surface area (Å²) >= 11 is 0. The van der Waals surface area contributed by atoms with E-state index in [1.54, 1.807) is 60.3 Å². The zero-order valence-electron chi connectivity index (χ0n) is 14.8. The Morgan fingerprint density at radius 3 is 2.44 bits per heavy atom. The molecule has 0 saturated carbocycles. The highest BCUT2D eigenvalue weighted by Gasteiger charge is 2.26. The zero-order valence-corrected chi connectivity index (χ0v) is 14.8. The van der Waals surface area contributed by atoms with Gasteiger partial charge < -0.3 is 13.9 Å². The smallest absolute Gasteiger partial charge is 0.343 e. The molecule has 7 heteroatoms. The zero-order chi connectivity index (χ0) is 19.4. The van der Waals surface area contributed by atoms with Gasteiger partial charge in [-0.15, -0.1) is 0 Å². The van der Waals surface area contributed by atoms with E-state index in [0.29, 0.717) is 11.3 Å². The number of rotatable bonds is 6. The second-order valence-corrected chi connectivity index (χ2v) is 5.64. The molecule has 0 radical (unpaired) electrons. The first-order valence-corrected chi connectivity index (χ1v) is 8.06. The molecule has 2 heterocycles. The topological polar surface area (TPSA) is 94.5 Å². The number of ketones is 1. The number of nitriles is 1. The average Bonchev–Trinajstić information content (AvgIpc) is 3.33. The summed E-state index contributed by atoms with van der Waals surface area (Å²) in [5.74, 6) is -0.0521. The summed E-state index contributed by atoms with van der Waals surface area (Å²) < 4.78 is 17.3. The largest absolute Gasteiger partial charge is 0.497 e. The van der Waals surface area contributed by atoms with Gasteiger partial charge in [-0.25, -0.2) is 4.79 Å². The number of carbonyl (C=O) groups is 2. The lowest BCUT2D eigenvalue weighted by Crippen LogP contribution is -2.15. The molecule has 136 valence electrons. The number of Topliss-reactive ketones (excluding diaryl/α,β-unsaturated/α-hetero) is 1. The molecule has 0 N–H and O–H groups in total. The predicted octanol–water partition coefficient (Wildman–Crippen LogP) is 3.30. The van der Waals surface area contributed by atoms with Crippen LogP contribution in [0.15, 0.2) is 53.2 Å². The van der Waals surface area contributed by atoms with Crippen LogP contribution in [0.25, 0.3) is 5.88 Å². The highest BCUT2D eigenvalue weighted by molar-refractivity contribution is 6.00. The Kier molecular flexibility index (Phi) is 5.08. The van der Waals surface area contributed by atoms with Gasteiger partial charge in [0.2, 0.25) is 5.88 Å². The number of carbonyl (C=O) groups excluding carboxylic acids is 2. The van der Waals surface area contributed by atoms with E-state index in [0.717, 1.165) is 0 Å². The second-order valence-electron chi connectivity index (χ2n) is 5.64. The molecule has 0 spiro atoms. The molecule has 0 aliphatic carbocycles. The lowest BCUT2D eigenvalue weighted by Gasteiger charge is -2.05. The molecule has 0 bridgehead atoms. The number of ether oxygens (including phenoxy) is 2. The van der Waals surface area contributed by atoms with Crippen molar-refractivity contribution < 1.29 is 23.5 Å². The number of esters is 1. The van der Waals surface area contributed by atoms with Crippen LogP contribution in [0, 0.1) is 18.3 Å². The van der Waals surface area contributed by atoms with Crippen LogP contribution >= 0.6 is 0 Å². The van der Waals surface area contributed by atoms with Gasteiger partial charge in [0, 0.05) is 18.0 Å². The van der Waals surface area contributed by atoms with E-state index in [1.165, 1.54) is 7.11 Å². The van der Waals surface area contributed by atoms with Crippen LogP contribution in [0.1, 0.15) is 32.0 Å². The summed E-state index contributed by atoms with van der Waals surface area (Å²) in [6, 6.07) is 12.0. The molecule has 0 unspecified atom stereocenters. The van der Waals surface area contributed by atoms with E-state index in [9.17, 15) is 14.9 Å². The fourth-order valence-corrected chi connectivity index (χ4v) is 2.59. The first kappa shape index (κ1) is 18.0. The van der Waals surface area contributed by atoms with Crippen LogP contribution in [0.2, 0.25) is 0 Å². The van der Waals surface area contributed by atoms with Gasteiger partial charge in [0.25, 0.3) is 0 Å². The maximum absolute atomic E-state index is 12.4. The number of aryl methyl sites for hydroxylation is 1. The molecule has 0 atom stereocenters. The van der Waals surface area contributed by atoms with E-state index in [2.05, 4.69) is 0 Å². The number of aromatic nitrogens is 1. The monoisotopic (exact) mass is 364 g/mol. The lowest BCUT2D eigenvalue weighted by atomic mass is 10.1. The quantitative estimate of drug-likeness (QED) is 0.492. The van der Waals surface area contributed by atoms with Crippen molar-refractivity contribution in [3.05, 3.63) is 71.2 Å². The number of furan rings is 1. The Labute approximate surface area is 155 Å². The Morgan fingerprint density at radius 1 is 1.19 bits per heavy atom. The van der Waals surface area contributed by atoms with E-state index < -0.39 is 12.6 Å². The van der Waals surface area contributed by atoms with Gasteiger partial charge in [-0.05, 0) is 43.3 Å². The molecule has 27 heavy (non-hydrogen) atoms. The van der Waals surface area contributed by atoms with Crippen molar-refractivity contribution >= 4 is 11.8 Å². The van der Waals surface area contributed by atoms with Gasteiger partial charge in [-0.2, -0.15) is 5.26 Å². The molecular weight excluding hydrogens is 348 g/mol. The minimum absolute atomic E-state index is 0.0173. The van der Waals surface area contributed by atoms with Gasteiger partial charge in [0.05, 0.1) is 7.11 Å². The summed E-state index contributed by atoms with van der Waals surface area (Å²) in [6.45, 7) is 1.12. The standard InChI is InChI=1S/C20H16N2O5/c1-13-18(16(11-21)19(27-13)22-9-3-4-10-22)20(24)26-12-17(23)14-5-7-15(25-2)8-6-14/h3-10H,12H2,1-2H3. The first-order valence-electron chi connectivity index (χ1n) is 8.06. The van der Waals surface area contributed by atoms with Crippen molar-refractivity contribution in [2.24, 2.45) is 0 Å². The van der Waals surface area contributed by atoms with Gasteiger partial charge >= 0.3 is 5.97 Å². The Balaban J connectivity index is 1.76. The average molecular weight is 364 g/mol. The minimum atomic E-state index is -0.784. The third kappa shape index (κ3) is 3.60. The van der Waals surface area contributed by atoms with Gasteiger partial charge in [-0.3, -0.25) is 9.36 Å². The molecule has 1 aromatic carbocycles. The van der Waals surface area contributed by atoms with Crippen molar-refractivity contribution in [1.82, 2.24) is 4.57 Å². The summed E-state index contributed by atoms with van der Waals surface area (Å²) in [5, 5.41) is 9.46. The van der Waals surface area contributed by atoms with Crippen LogP contribution in [0.5, 0.6) is 5.75 Å². The van der Waals surface area contributed by atoms with Crippen LogP contribution in [0.3, 0.4) is 0 Å². The number of hydrogen-bond acceptors (Lipinski definition) is 6. The molecule has 2 aromatic heterocycles. The second kappa shape index (κ2) is 7.62. The van der Waals surface area contributed by atoms with Crippen LogP contribution in [0.4, 0.5) is 0 Å². The Bertz CT molecular complexity index is 1010. The molecule has 0 fully saturated rings. The normalized spacial score (nSPS) is 10.3. The fraction of sp³-hybridized carbons (Fsp3) is 0.150. The fourth-order valence-electron chi connectivity index (χ4n) is 2.59. The minimum Gasteiger partial charge on any atom is -0.497 e. The molecule has 3 rings (SSSR count). The highest BCUT2D eigenvalue weighted by atomic mass is 16.5. The number of nitrogens with zero attached hydrogens (tertiary/aromatic N) is 2. The molecule has 3 aromatic rings. The SMILES string of the molecule is COc1ccc(C(=O)COC(=O)c2c(C)oc(-n3cccc3)c2C#N)cc1. The van der Waals surface area contributed by atoms with Gasteiger partial charge in [-0.1, -0.05) is 0 Å². The van der Waals surface area contributed by atoms with Gasteiger partial charge in [0.1, 0.15) is 28.7 Å². The summed E-state index contributed by atoms with van der Waals surface area (Å²) in [5.41, 5.74) is 0.468. The highest BCUT2D eigenvalue weighted by Crippen LogP contribution is 2.26. The maximum atomic E-state index is 12.4. The molecule has 0 amide bonds. The van der Waals surface area contributed by atoms with Crippen molar-refractivity contribution in [3.8, 4) is 17.7 Å². The van der Waals surface area contributed by atoms with Crippen LogP contribution in [-0.4, -0.2) is 30.0 Å². The third-order valence-corrected chi connectivity index (χ3v) is 3.97. The van der Waals surface area contributed by atoms with E-state index in [-0.39, 0.29) is 28.6 Å². The van der Waals surface area contributed by atoms with Crippen molar-refractivity contribution in [3.63, 3.8) is 0 Å². The summed E-state index contributed by atoms with van der Waals surface area (Å²) in [7, 11) is 1.53. The molecular formula is C20H16N2O5. The molecule has 0 aliphatic heterocycles. The lowest BCUT2D eigenvalue weighted by molar-refractivity contribution is 0.0472. The van der Waals surface area contributed by atoms with Crippen molar-refractivity contribution in [1.29, 1.82) is 5.26 Å². The maximum Gasteiger partial charge on any atom is 0.343 e. The van der Waals surface area contributed by atoms with Crippen LogP contribution < -0.4 is 4.74 Å². The van der Waals surface area contributed by atoms with Crippen molar-refractivity contribution in [2.45, 2.75) is 6.92 Å².